The predicted molar refractivity (Wildman–Crippen MR) is 189 cm³/mol. The molecular weight excluding hydrogens is 612 g/mol. The largest absolute Gasteiger partial charge is 0.469 e. The van der Waals surface area contributed by atoms with Crippen molar-refractivity contribution in [3.8, 4) is 0 Å². The SMILES string of the molecule is CCCC(=O)O[C@H](CC)C[C@@H]1CC[C@H]([C@H](C)CCC(=O)OC)[C@@]1(C)[C@H](C[C@@H](C)C(C)(C)CC[C@H](CC)OC(=O)CCN)OC(=O)CCN. The highest BCUT2D eigenvalue weighted by Gasteiger charge is 2.55. The van der Waals surface area contributed by atoms with Crippen molar-refractivity contribution in [1.82, 2.24) is 0 Å². The number of methoxy groups -OCH3 is 1. The van der Waals surface area contributed by atoms with Crippen LogP contribution in [0.1, 0.15) is 145 Å². The van der Waals surface area contributed by atoms with Crippen molar-refractivity contribution in [3.05, 3.63) is 0 Å². The van der Waals surface area contributed by atoms with Gasteiger partial charge >= 0.3 is 23.9 Å². The normalized spacial score (nSPS) is 22.6. The van der Waals surface area contributed by atoms with Crippen molar-refractivity contribution in [3.63, 3.8) is 0 Å². The molecule has 0 heterocycles. The molecule has 8 atom stereocenters. The number of rotatable bonds is 24. The van der Waals surface area contributed by atoms with Gasteiger partial charge in [0.05, 0.1) is 20.0 Å². The summed E-state index contributed by atoms with van der Waals surface area (Å²) in [6.07, 6.45) is 7.86. The zero-order chi connectivity index (χ0) is 36.5. The Morgan fingerprint density at radius 3 is 1.90 bits per heavy atom. The van der Waals surface area contributed by atoms with Crippen molar-refractivity contribution in [1.29, 1.82) is 0 Å². The minimum Gasteiger partial charge on any atom is -0.469 e. The molecule has 1 aliphatic carbocycles. The number of esters is 4. The fourth-order valence-electron chi connectivity index (χ4n) is 7.68. The van der Waals surface area contributed by atoms with Crippen LogP contribution in [0, 0.1) is 34.5 Å². The molecule has 0 aromatic carbocycles. The standard InChI is InChI=1S/C38H70N2O8/c1-10-13-34(42)47-30(12-3)25-28-15-16-31(26(4)14-17-33(41)45-9)38(28,8)32(48-36(44)20-23-40)24-27(5)37(6,7)21-18-29(11-2)46-35(43)19-22-39/h26-32H,10-25,39-40H2,1-9H3/t26-,27-,28+,29+,30-,31-,32+,38+/m1/s1. The van der Waals surface area contributed by atoms with Crippen LogP contribution in [0.15, 0.2) is 0 Å². The molecule has 0 aromatic rings. The molecule has 0 aliphatic heterocycles. The summed E-state index contributed by atoms with van der Waals surface area (Å²) < 4.78 is 23.1. The molecule has 1 rings (SSSR count). The van der Waals surface area contributed by atoms with Crippen molar-refractivity contribution >= 4 is 23.9 Å². The first-order valence-electron chi connectivity index (χ1n) is 18.7. The highest BCUT2D eigenvalue weighted by atomic mass is 16.6. The molecule has 10 nitrogen and oxygen atoms in total. The Morgan fingerprint density at radius 1 is 0.792 bits per heavy atom. The van der Waals surface area contributed by atoms with Gasteiger partial charge in [0, 0.05) is 31.3 Å². The first-order valence-corrected chi connectivity index (χ1v) is 18.7. The Labute approximate surface area is 291 Å². The maximum atomic E-state index is 13.2. The second-order valence-electron chi connectivity index (χ2n) is 15.1. The molecule has 280 valence electrons. The van der Waals surface area contributed by atoms with E-state index in [0.717, 1.165) is 38.5 Å². The first kappa shape index (κ1) is 43.8. The van der Waals surface area contributed by atoms with E-state index in [0.29, 0.717) is 38.5 Å². The van der Waals surface area contributed by atoms with E-state index >= 15 is 0 Å². The van der Waals surface area contributed by atoms with Crippen LogP contribution in [0.25, 0.3) is 0 Å². The minimum atomic E-state index is -0.432. The molecule has 0 amide bonds. The quantitative estimate of drug-likeness (QED) is 0.0812. The summed E-state index contributed by atoms with van der Waals surface area (Å²) in [6.45, 7) is 17.6. The van der Waals surface area contributed by atoms with Gasteiger partial charge in [0.25, 0.3) is 0 Å². The van der Waals surface area contributed by atoms with E-state index < -0.39 is 11.5 Å². The molecule has 4 N–H and O–H groups in total. The number of nitrogens with two attached hydrogens (primary N) is 2. The van der Waals surface area contributed by atoms with Gasteiger partial charge in [0.1, 0.15) is 18.3 Å². The van der Waals surface area contributed by atoms with Crippen molar-refractivity contribution in [2.75, 3.05) is 20.2 Å². The summed E-state index contributed by atoms with van der Waals surface area (Å²) in [5.41, 5.74) is 10.8. The van der Waals surface area contributed by atoms with Crippen molar-refractivity contribution in [2.24, 2.45) is 46.0 Å². The fraction of sp³-hybridized carbons (Fsp3) is 0.895. The van der Waals surface area contributed by atoms with Gasteiger partial charge in [0.2, 0.25) is 0 Å². The van der Waals surface area contributed by atoms with Gasteiger partial charge in [0.15, 0.2) is 0 Å². The van der Waals surface area contributed by atoms with Crippen LogP contribution >= 0.6 is 0 Å². The second kappa shape index (κ2) is 21.8. The van der Waals surface area contributed by atoms with Crippen LogP contribution in [0.5, 0.6) is 0 Å². The summed E-state index contributed by atoms with van der Waals surface area (Å²) in [6, 6.07) is 0. The molecular formula is C38H70N2O8. The summed E-state index contributed by atoms with van der Waals surface area (Å²) in [5.74, 6) is -0.332. The van der Waals surface area contributed by atoms with Gasteiger partial charge in [-0.05, 0) is 93.3 Å². The van der Waals surface area contributed by atoms with Crippen LogP contribution in [-0.4, -0.2) is 62.4 Å². The molecule has 48 heavy (non-hydrogen) atoms. The lowest BCUT2D eigenvalue weighted by Crippen LogP contribution is -2.48. The van der Waals surface area contributed by atoms with E-state index in [2.05, 4.69) is 34.6 Å². The molecule has 1 fully saturated rings. The molecule has 0 radical (unpaired) electrons. The maximum Gasteiger partial charge on any atom is 0.307 e. The van der Waals surface area contributed by atoms with E-state index in [9.17, 15) is 19.2 Å². The van der Waals surface area contributed by atoms with Gasteiger partial charge in [-0.1, -0.05) is 55.4 Å². The van der Waals surface area contributed by atoms with E-state index in [1.54, 1.807) is 0 Å². The maximum absolute atomic E-state index is 13.2. The lowest BCUT2D eigenvalue weighted by atomic mass is 9.61. The number of hydrogen-bond acceptors (Lipinski definition) is 10. The molecule has 10 heteroatoms. The molecule has 0 spiro atoms. The average molecular weight is 683 g/mol. The van der Waals surface area contributed by atoms with E-state index in [4.69, 9.17) is 30.4 Å². The predicted octanol–water partition coefficient (Wildman–Crippen LogP) is 6.88. The molecule has 0 unspecified atom stereocenters. The molecule has 0 aromatic heterocycles. The Morgan fingerprint density at radius 2 is 1.35 bits per heavy atom. The van der Waals surface area contributed by atoms with Crippen LogP contribution in [0.3, 0.4) is 0 Å². The summed E-state index contributed by atoms with van der Waals surface area (Å²) in [4.78, 5) is 50.1. The second-order valence-corrected chi connectivity index (χ2v) is 15.1. The van der Waals surface area contributed by atoms with Crippen LogP contribution < -0.4 is 11.5 Å². The number of carbonyl (C=O) groups excluding carboxylic acids is 4. The molecule has 0 saturated heterocycles. The van der Waals surface area contributed by atoms with Crippen LogP contribution in [0.2, 0.25) is 0 Å². The molecule has 1 saturated carbocycles. The lowest BCUT2D eigenvalue weighted by Gasteiger charge is -2.48. The Hall–Kier alpha value is -2.20. The van der Waals surface area contributed by atoms with E-state index in [-0.39, 0.29) is 91.1 Å². The van der Waals surface area contributed by atoms with Gasteiger partial charge in [-0.25, -0.2) is 0 Å². The smallest absolute Gasteiger partial charge is 0.307 e. The zero-order valence-corrected chi connectivity index (χ0v) is 31.8. The third kappa shape index (κ3) is 13.6. The lowest BCUT2D eigenvalue weighted by molar-refractivity contribution is -0.166. The minimum absolute atomic E-state index is 0.135. The van der Waals surface area contributed by atoms with E-state index in [1.165, 1.54) is 7.11 Å². The van der Waals surface area contributed by atoms with Crippen molar-refractivity contribution < 1.29 is 38.1 Å². The van der Waals surface area contributed by atoms with Crippen molar-refractivity contribution in [2.45, 2.75) is 164 Å². The number of ether oxygens (including phenoxy) is 4. The number of hydrogen-bond donors (Lipinski definition) is 2. The van der Waals surface area contributed by atoms with Gasteiger partial charge in [-0.3, -0.25) is 19.2 Å². The molecule has 0 bridgehead atoms. The zero-order valence-electron chi connectivity index (χ0n) is 31.8. The fourth-order valence-corrected chi connectivity index (χ4v) is 7.68. The van der Waals surface area contributed by atoms with E-state index in [1.807, 2.05) is 20.8 Å². The Bertz CT molecular complexity index is 988. The summed E-state index contributed by atoms with van der Waals surface area (Å²) in [5, 5.41) is 0. The van der Waals surface area contributed by atoms with Crippen LogP contribution in [-0.2, 0) is 38.1 Å². The van der Waals surface area contributed by atoms with Gasteiger partial charge in [-0.15, -0.1) is 0 Å². The Balaban J connectivity index is 3.47. The average Bonchev–Trinajstić information content (AvgIpc) is 3.37. The summed E-state index contributed by atoms with van der Waals surface area (Å²) in [7, 11) is 1.41. The monoisotopic (exact) mass is 683 g/mol. The van der Waals surface area contributed by atoms with Gasteiger partial charge in [-0.2, -0.15) is 0 Å². The first-order chi connectivity index (χ1) is 22.6. The number of carbonyl (C=O) groups is 4. The van der Waals surface area contributed by atoms with Crippen LogP contribution in [0.4, 0.5) is 0 Å². The third-order valence-corrected chi connectivity index (χ3v) is 11.4. The molecule has 1 aliphatic rings. The Kier molecular flexibility index (Phi) is 19.9. The topological polar surface area (TPSA) is 157 Å². The van der Waals surface area contributed by atoms with Gasteiger partial charge < -0.3 is 30.4 Å². The highest BCUT2D eigenvalue weighted by Crippen LogP contribution is 2.58. The third-order valence-electron chi connectivity index (χ3n) is 11.4. The summed E-state index contributed by atoms with van der Waals surface area (Å²) >= 11 is 0. The highest BCUT2D eigenvalue weighted by molar-refractivity contribution is 5.70.